The molecule has 0 aliphatic heterocycles. The van der Waals surface area contributed by atoms with Gasteiger partial charge in [-0.05, 0) is 0 Å². The Labute approximate surface area is 86.4 Å². The average molecular weight is 249 g/mol. The molecule has 1 aromatic heterocycles. The van der Waals surface area contributed by atoms with Gasteiger partial charge < -0.3 is 30.6 Å². The van der Waals surface area contributed by atoms with E-state index in [2.05, 4.69) is 15.4 Å². The van der Waals surface area contributed by atoms with Crippen LogP contribution in [0.2, 0.25) is 0 Å². The van der Waals surface area contributed by atoms with E-state index < -0.39 is 10.2 Å². The molecule has 0 bridgehead atoms. The molecular formula is C2H3FeN5O6. The van der Waals surface area contributed by atoms with Crippen molar-refractivity contribution in [3.8, 4) is 0 Å². The van der Waals surface area contributed by atoms with Crippen molar-refractivity contribution in [1.82, 2.24) is 15.4 Å². The van der Waals surface area contributed by atoms with E-state index in [0.717, 1.165) is 0 Å². The summed E-state index contributed by atoms with van der Waals surface area (Å²) in [6.07, 6.45) is 3.17. The molecule has 0 aromatic carbocycles. The van der Waals surface area contributed by atoms with Gasteiger partial charge in [0.25, 0.3) is 0 Å². The van der Waals surface area contributed by atoms with Crippen LogP contribution in [0.4, 0.5) is 0 Å². The molecule has 0 saturated carbocycles. The number of rotatable bonds is 0. The van der Waals surface area contributed by atoms with E-state index in [9.17, 15) is 0 Å². The Morgan fingerprint density at radius 3 is 1.21 bits per heavy atom. The zero-order chi connectivity index (χ0) is 10.7. The summed E-state index contributed by atoms with van der Waals surface area (Å²) >= 11 is 0. The van der Waals surface area contributed by atoms with Gasteiger partial charge in [0.1, 0.15) is 0 Å². The van der Waals surface area contributed by atoms with Crippen molar-refractivity contribution < 1.29 is 27.2 Å². The largest absolute Gasteiger partial charge is 2.00 e. The first-order valence-corrected chi connectivity index (χ1v) is 2.39. The fraction of sp³-hybridized carbons (Fsp3) is 0. The molecule has 1 aromatic rings. The number of hydrogen-bond donors (Lipinski definition) is 1. The quantitative estimate of drug-likeness (QED) is 0.357. The minimum atomic E-state index is -1.75. The second-order valence-electron chi connectivity index (χ2n) is 1.10. The van der Waals surface area contributed by atoms with Gasteiger partial charge in [-0.1, -0.05) is 0 Å². The number of hydrogen-bond acceptors (Lipinski definition) is 8. The fourth-order valence-electron chi connectivity index (χ4n) is 0.167. The van der Waals surface area contributed by atoms with Crippen LogP contribution >= 0.6 is 0 Å². The van der Waals surface area contributed by atoms with E-state index in [4.69, 9.17) is 30.6 Å². The van der Waals surface area contributed by atoms with E-state index in [1.807, 2.05) is 0 Å². The van der Waals surface area contributed by atoms with Gasteiger partial charge in [0.05, 0.1) is 22.6 Å². The third-order valence-corrected chi connectivity index (χ3v) is 0.331. The van der Waals surface area contributed by atoms with E-state index in [-0.39, 0.29) is 17.1 Å². The van der Waals surface area contributed by atoms with Crippen LogP contribution < -0.4 is 0 Å². The zero-order valence-corrected chi connectivity index (χ0v) is 7.35. The molecule has 1 heterocycles. The number of nitrogens with one attached hydrogen (secondary N) is 1. The summed E-state index contributed by atoms with van der Waals surface area (Å²) in [5, 5.41) is 38.8. The maximum absolute atomic E-state index is 8.25. The van der Waals surface area contributed by atoms with Crippen LogP contribution in [0.5, 0.6) is 0 Å². The average Bonchev–Trinajstić information content (AvgIpc) is 2.35. The Morgan fingerprint density at radius 1 is 0.929 bits per heavy atom. The first-order chi connectivity index (χ1) is 5.96. The van der Waals surface area contributed by atoms with Gasteiger partial charge in [-0.3, -0.25) is 0 Å². The van der Waals surface area contributed by atoms with E-state index in [1.54, 1.807) is 12.4 Å². The maximum Gasteiger partial charge on any atom is 2.00 e. The summed E-state index contributed by atoms with van der Waals surface area (Å²) in [5.74, 6) is 0. The summed E-state index contributed by atoms with van der Waals surface area (Å²) < 4.78 is 0. The predicted molar refractivity (Wildman–Crippen MR) is 37.1 cm³/mol. The molecule has 80 valence electrons. The van der Waals surface area contributed by atoms with Crippen molar-refractivity contribution in [2.45, 2.75) is 0 Å². The van der Waals surface area contributed by atoms with Crippen molar-refractivity contribution in [2.24, 2.45) is 0 Å². The molecule has 0 radical (unpaired) electrons. The predicted octanol–water partition coefficient (Wildman–Crippen LogP) is -0.676. The Bertz CT molecular complexity index is 189. The third-order valence-electron chi connectivity index (χ3n) is 0.331. The Balaban J connectivity index is -0.000000127. The van der Waals surface area contributed by atoms with Crippen molar-refractivity contribution in [1.29, 1.82) is 0 Å². The van der Waals surface area contributed by atoms with Gasteiger partial charge in [-0.15, -0.1) is 0 Å². The van der Waals surface area contributed by atoms with E-state index >= 15 is 0 Å². The summed E-state index contributed by atoms with van der Waals surface area (Å²) in [4.78, 5) is 16.5. The summed E-state index contributed by atoms with van der Waals surface area (Å²) in [6.45, 7) is 0. The van der Waals surface area contributed by atoms with Gasteiger partial charge in [0, 0.05) is 0 Å². The van der Waals surface area contributed by atoms with Gasteiger partial charge >= 0.3 is 17.1 Å². The first-order valence-electron chi connectivity index (χ1n) is 2.39. The fourth-order valence-corrected chi connectivity index (χ4v) is 0.167. The topological polar surface area (TPSA) is 174 Å². The molecule has 12 heteroatoms. The summed E-state index contributed by atoms with van der Waals surface area (Å²) in [5.41, 5.74) is 0. The van der Waals surface area contributed by atoms with Crippen LogP contribution in [0.15, 0.2) is 12.4 Å². The number of H-pyrrole nitrogens is 1. The van der Waals surface area contributed by atoms with Crippen LogP contribution in [0.1, 0.15) is 0 Å². The number of aromatic nitrogens is 3. The molecule has 0 saturated heterocycles. The minimum absolute atomic E-state index is 0. The molecule has 0 aliphatic rings. The Hall–Kier alpha value is -1.94. The molecular weight excluding hydrogens is 246 g/mol. The second kappa shape index (κ2) is 13.6. The van der Waals surface area contributed by atoms with Crippen molar-refractivity contribution in [3.63, 3.8) is 0 Å². The second-order valence-corrected chi connectivity index (χ2v) is 1.10. The van der Waals surface area contributed by atoms with Crippen LogP contribution in [-0.2, 0) is 17.1 Å². The van der Waals surface area contributed by atoms with Crippen LogP contribution in [-0.4, -0.2) is 25.6 Å². The molecule has 11 nitrogen and oxygen atoms in total. The molecule has 1 rings (SSSR count). The van der Waals surface area contributed by atoms with Crippen molar-refractivity contribution in [2.75, 3.05) is 0 Å². The summed E-state index contributed by atoms with van der Waals surface area (Å²) in [6, 6.07) is 0. The molecule has 0 aliphatic carbocycles. The Morgan fingerprint density at radius 2 is 1.14 bits per heavy atom. The van der Waals surface area contributed by atoms with E-state index in [0.29, 0.717) is 0 Å². The molecule has 0 amide bonds. The van der Waals surface area contributed by atoms with Gasteiger partial charge in [0.15, 0.2) is 0 Å². The van der Waals surface area contributed by atoms with Crippen LogP contribution in [0, 0.1) is 30.6 Å². The van der Waals surface area contributed by atoms with E-state index in [1.165, 1.54) is 0 Å². The maximum atomic E-state index is 8.25. The van der Waals surface area contributed by atoms with Crippen molar-refractivity contribution >= 4 is 0 Å². The molecule has 0 unspecified atom stereocenters. The van der Waals surface area contributed by atoms with Gasteiger partial charge in [0.2, 0.25) is 0 Å². The molecule has 1 N–H and O–H groups in total. The van der Waals surface area contributed by atoms with Crippen LogP contribution in [0.3, 0.4) is 0 Å². The van der Waals surface area contributed by atoms with Gasteiger partial charge in [-0.2, -0.15) is 15.4 Å². The van der Waals surface area contributed by atoms with Gasteiger partial charge in [-0.25, -0.2) is 0 Å². The molecule has 0 spiro atoms. The van der Waals surface area contributed by atoms with Crippen LogP contribution in [0.25, 0.3) is 0 Å². The standard InChI is InChI=1S/C2H3N3.Fe.2NO3/c1-2-4-5-3-1;;2*2-1(3)4/h1-2H,(H,3,4,5);;;/q;+2;2*-1. The third kappa shape index (κ3) is 88.2. The number of nitrogens with zero attached hydrogens (tertiary/aromatic N) is 4. The summed E-state index contributed by atoms with van der Waals surface area (Å²) in [7, 11) is 0. The SMILES string of the molecule is O=[N+]([O-])[O-].O=[N+]([O-])[O-].[Fe+2].c1cn[nH]n1. The molecule has 0 fully saturated rings. The normalized spacial score (nSPS) is 6.29. The Kier molecular flexibility index (Phi) is 17.5. The number of aromatic amines is 1. The minimum Gasteiger partial charge on any atom is -0.356 e. The molecule has 0 atom stereocenters. The smallest absolute Gasteiger partial charge is 0.356 e. The first kappa shape index (κ1) is 18.0. The monoisotopic (exact) mass is 249 g/mol. The zero-order valence-electron chi connectivity index (χ0n) is 6.25. The van der Waals surface area contributed by atoms with Crippen molar-refractivity contribution in [3.05, 3.63) is 43.0 Å². The molecule has 14 heavy (non-hydrogen) atoms.